The first-order chi connectivity index (χ1) is 29.9. The summed E-state index contributed by atoms with van der Waals surface area (Å²) in [7, 11) is -4.09. The van der Waals surface area contributed by atoms with Gasteiger partial charge >= 0.3 is 12.1 Å². The number of anilines is 2. The minimum atomic E-state index is -4.09. The molecule has 1 aliphatic rings. The van der Waals surface area contributed by atoms with Crippen molar-refractivity contribution in [3.8, 4) is 5.75 Å². The Morgan fingerprint density at radius 1 is 0.871 bits per heavy atom. The Bertz CT molecular complexity index is 2210. The molecule has 1 aliphatic heterocycles. The number of sulfonamides is 1. The molecule has 0 bridgehead atoms. The van der Waals surface area contributed by atoms with Crippen LogP contribution in [0.1, 0.15) is 82.4 Å². The molecule has 16 heteroatoms. The summed E-state index contributed by atoms with van der Waals surface area (Å²) in [6.45, 7) is 4.20. The summed E-state index contributed by atoms with van der Waals surface area (Å²) in [4.78, 5) is 54.4. The van der Waals surface area contributed by atoms with Gasteiger partial charge in [-0.25, -0.2) is 22.7 Å². The number of fused-ring (bicyclic) bond motifs is 1. The highest BCUT2D eigenvalue weighted by atomic mass is 32.2. The Balaban J connectivity index is 1.30. The van der Waals surface area contributed by atoms with Crippen molar-refractivity contribution in [1.82, 2.24) is 20.7 Å². The number of nitrogens with zero attached hydrogens (tertiary/aromatic N) is 1. The number of rotatable bonds is 22. The zero-order valence-corrected chi connectivity index (χ0v) is 37.1. The molecule has 5 rings (SSSR count). The van der Waals surface area contributed by atoms with Crippen LogP contribution in [0.5, 0.6) is 5.75 Å². The van der Waals surface area contributed by atoms with Crippen LogP contribution in [-0.2, 0) is 35.8 Å². The monoisotopic (exact) mass is 887 g/mol. The molecule has 1 heterocycles. The first-order valence-electron chi connectivity index (χ1n) is 20.9. The van der Waals surface area contributed by atoms with E-state index < -0.39 is 58.1 Å². The van der Waals surface area contributed by atoms with Crippen molar-refractivity contribution in [1.29, 1.82) is 0 Å². The van der Waals surface area contributed by atoms with Gasteiger partial charge in [-0.3, -0.25) is 9.59 Å². The van der Waals surface area contributed by atoms with Crippen molar-refractivity contribution in [3.05, 3.63) is 114 Å². The lowest BCUT2D eigenvalue weighted by molar-refractivity contribution is -0.142. The second-order valence-corrected chi connectivity index (χ2v) is 17.7. The smallest absolute Gasteiger partial charge is 0.407 e. The molecule has 0 aliphatic carbocycles. The van der Waals surface area contributed by atoms with Crippen LogP contribution in [0.2, 0.25) is 0 Å². The summed E-state index contributed by atoms with van der Waals surface area (Å²) in [6, 6.07) is 27.8. The number of para-hydroxylation sites is 1. The van der Waals surface area contributed by atoms with E-state index in [1.807, 2.05) is 66.9 Å². The standard InChI is InChI=1S/C46H57N5O9S2/c1-4-6-25-46(26-7-5-2)32-51(35-22-15-10-16-23-35)37-28-39(61-3)38(29-40(37)62(57,58)50-46)59-31-41(52)49-42(34-20-13-9-14-21-34)43(53)48-36(44(54)55)24-17-27-47-45(56)60-30-33-18-11-8-12-19-33/h8-16,18-23,28-29,36,42,50H,4-7,17,24-27,30-32H2,1-3H3,(H,47,56)(H,48,53)(H,49,52)(H,54,55)/t36-,42+/m0/s1. The predicted octanol–water partition coefficient (Wildman–Crippen LogP) is 7.47. The molecule has 332 valence electrons. The highest BCUT2D eigenvalue weighted by Crippen LogP contribution is 2.44. The Labute approximate surface area is 368 Å². The molecule has 5 N–H and O–H groups in total. The van der Waals surface area contributed by atoms with Gasteiger partial charge in [0, 0.05) is 24.8 Å². The van der Waals surface area contributed by atoms with E-state index in [9.17, 15) is 32.7 Å². The predicted molar refractivity (Wildman–Crippen MR) is 240 cm³/mol. The number of hydrogen-bond donors (Lipinski definition) is 5. The van der Waals surface area contributed by atoms with E-state index in [1.54, 1.807) is 36.4 Å². The number of carbonyl (C=O) groups excluding carboxylic acids is 3. The van der Waals surface area contributed by atoms with E-state index >= 15 is 0 Å². The van der Waals surface area contributed by atoms with Crippen LogP contribution < -0.4 is 30.3 Å². The minimum absolute atomic E-state index is 0.0185. The highest BCUT2D eigenvalue weighted by molar-refractivity contribution is 7.98. The van der Waals surface area contributed by atoms with Gasteiger partial charge in [-0.15, -0.1) is 11.8 Å². The number of amides is 3. The van der Waals surface area contributed by atoms with Crippen molar-refractivity contribution < 1.29 is 42.2 Å². The molecule has 62 heavy (non-hydrogen) atoms. The maximum Gasteiger partial charge on any atom is 0.407 e. The molecule has 0 saturated heterocycles. The maximum absolute atomic E-state index is 14.4. The number of unbranched alkanes of at least 4 members (excludes halogenated alkanes) is 2. The quantitative estimate of drug-likeness (QED) is 0.0389. The fourth-order valence-corrected chi connectivity index (χ4v) is 9.52. The first-order valence-corrected chi connectivity index (χ1v) is 23.6. The van der Waals surface area contributed by atoms with Gasteiger partial charge in [0.05, 0.1) is 16.1 Å². The van der Waals surface area contributed by atoms with Gasteiger partial charge in [0.25, 0.3) is 5.91 Å². The van der Waals surface area contributed by atoms with Crippen LogP contribution in [0.4, 0.5) is 16.2 Å². The van der Waals surface area contributed by atoms with Gasteiger partial charge in [-0.1, -0.05) is 118 Å². The van der Waals surface area contributed by atoms with Crippen LogP contribution in [0.15, 0.2) is 113 Å². The van der Waals surface area contributed by atoms with Crippen LogP contribution in [0, 0.1) is 0 Å². The maximum atomic E-state index is 14.4. The van der Waals surface area contributed by atoms with Crippen LogP contribution in [0.25, 0.3) is 0 Å². The van der Waals surface area contributed by atoms with E-state index in [1.165, 1.54) is 17.8 Å². The third-order valence-electron chi connectivity index (χ3n) is 10.5. The van der Waals surface area contributed by atoms with Crippen LogP contribution >= 0.6 is 11.8 Å². The summed E-state index contributed by atoms with van der Waals surface area (Å²) in [6.07, 6.45) is 6.18. The zero-order valence-electron chi connectivity index (χ0n) is 35.4. The molecule has 0 unspecified atom stereocenters. The van der Waals surface area contributed by atoms with Crippen LogP contribution in [0.3, 0.4) is 0 Å². The van der Waals surface area contributed by atoms with Crippen molar-refractivity contribution in [3.63, 3.8) is 0 Å². The summed E-state index contributed by atoms with van der Waals surface area (Å²) in [5, 5.41) is 17.8. The summed E-state index contributed by atoms with van der Waals surface area (Å²) >= 11 is 1.34. The summed E-state index contributed by atoms with van der Waals surface area (Å²) < 4.78 is 43.2. The Morgan fingerprint density at radius 2 is 1.50 bits per heavy atom. The Kier molecular flexibility index (Phi) is 17.6. The van der Waals surface area contributed by atoms with Gasteiger partial charge in [0.15, 0.2) is 6.61 Å². The van der Waals surface area contributed by atoms with Crippen molar-refractivity contribution in [2.75, 3.05) is 30.9 Å². The van der Waals surface area contributed by atoms with Gasteiger partial charge < -0.3 is 35.4 Å². The van der Waals surface area contributed by atoms with E-state index in [2.05, 4.69) is 39.4 Å². The summed E-state index contributed by atoms with van der Waals surface area (Å²) in [5.41, 5.74) is 1.81. The number of benzene rings is 4. The number of carbonyl (C=O) groups is 4. The normalized spacial score (nSPS) is 14.9. The molecular weight excluding hydrogens is 831 g/mol. The molecule has 4 aromatic rings. The average molecular weight is 888 g/mol. The van der Waals surface area contributed by atoms with Crippen molar-refractivity contribution in [2.45, 2.75) is 99.2 Å². The molecule has 0 fully saturated rings. The number of alkyl carbamates (subject to hydrolysis) is 1. The van der Waals surface area contributed by atoms with E-state index in [0.717, 1.165) is 36.9 Å². The third-order valence-corrected chi connectivity index (χ3v) is 12.9. The zero-order chi connectivity index (χ0) is 44.5. The number of carboxylic acid groups (broad SMARTS) is 1. The number of aliphatic carboxylic acids is 1. The minimum Gasteiger partial charge on any atom is -0.483 e. The largest absolute Gasteiger partial charge is 0.483 e. The average Bonchev–Trinajstić information content (AvgIpc) is 3.37. The fraction of sp³-hybridized carbons (Fsp3) is 0.391. The number of nitrogens with one attached hydrogen (secondary N) is 4. The lowest BCUT2D eigenvalue weighted by atomic mass is 9.87. The molecule has 2 atom stereocenters. The second kappa shape index (κ2) is 23.0. The molecular formula is C46H57N5O9S2. The second-order valence-electron chi connectivity index (χ2n) is 15.2. The number of thioether (sulfide) groups is 1. The summed E-state index contributed by atoms with van der Waals surface area (Å²) in [5.74, 6) is -2.59. The van der Waals surface area contributed by atoms with Gasteiger partial charge in [0.2, 0.25) is 15.9 Å². The number of hydrogen-bond acceptors (Lipinski definition) is 10. The Hall–Kier alpha value is -5.58. The fourth-order valence-electron chi connectivity index (χ4n) is 7.32. The lowest BCUT2D eigenvalue weighted by Gasteiger charge is -2.37. The Morgan fingerprint density at radius 3 is 2.11 bits per heavy atom. The van der Waals surface area contributed by atoms with Gasteiger partial charge in [-0.2, -0.15) is 0 Å². The molecule has 0 aromatic heterocycles. The molecule has 14 nitrogen and oxygen atoms in total. The number of ether oxygens (including phenoxy) is 2. The van der Waals surface area contributed by atoms with Gasteiger partial charge in [0.1, 0.15) is 29.3 Å². The topological polar surface area (TPSA) is 192 Å². The van der Waals surface area contributed by atoms with E-state index in [0.29, 0.717) is 35.5 Å². The van der Waals surface area contributed by atoms with E-state index in [-0.39, 0.29) is 36.6 Å². The van der Waals surface area contributed by atoms with Gasteiger partial charge in [-0.05, 0) is 61.3 Å². The number of carboxylic acids is 1. The van der Waals surface area contributed by atoms with Crippen LogP contribution in [-0.4, -0.2) is 74.9 Å². The molecule has 0 saturated carbocycles. The lowest BCUT2D eigenvalue weighted by Crippen LogP contribution is -2.53. The first kappa shape index (κ1) is 47.5. The third kappa shape index (κ3) is 13.2. The molecule has 0 radical (unpaired) electrons. The van der Waals surface area contributed by atoms with Crippen molar-refractivity contribution >= 4 is 57.0 Å². The van der Waals surface area contributed by atoms with Crippen molar-refractivity contribution in [2.24, 2.45) is 0 Å². The van der Waals surface area contributed by atoms with E-state index in [4.69, 9.17) is 9.47 Å². The highest BCUT2D eigenvalue weighted by Gasteiger charge is 2.42. The molecule has 3 amide bonds. The molecule has 0 spiro atoms. The SMILES string of the molecule is CCCCC1(CCCC)CN(c2ccccc2)c2cc(SC)c(OCC(=O)N[C@@H](C(=O)N[C@@H](CCCNC(=O)OCc3ccccc3)C(=O)O)c3ccccc3)cc2S(=O)(=O)N1. The molecule has 4 aromatic carbocycles.